The van der Waals surface area contributed by atoms with Gasteiger partial charge in [-0.15, -0.1) is 0 Å². The lowest BCUT2D eigenvalue weighted by molar-refractivity contribution is -0.135. The number of piperazine rings is 1. The Labute approximate surface area is 166 Å². The Morgan fingerprint density at radius 2 is 1.64 bits per heavy atom. The Kier molecular flexibility index (Phi) is 6.19. The van der Waals surface area contributed by atoms with Crippen molar-refractivity contribution in [1.29, 1.82) is 0 Å². The first-order valence-electron chi connectivity index (χ1n) is 9.71. The van der Waals surface area contributed by atoms with Crippen LogP contribution in [0, 0.1) is 20.8 Å². The molecule has 6 nitrogen and oxygen atoms in total. The van der Waals surface area contributed by atoms with Gasteiger partial charge >= 0.3 is 0 Å². The van der Waals surface area contributed by atoms with Crippen LogP contribution in [-0.4, -0.2) is 65.4 Å². The first kappa shape index (κ1) is 20.1. The van der Waals surface area contributed by atoms with Crippen molar-refractivity contribution < 1.29 is 14.3 Å². The molecular formula is C22H29N3O3. The maximum atomic E-state index is 12.6. The predicted molar refractivity (Wildman–Crippen MR) is 109 cm³/mol. The van der Waals surface area contributed by atoms with Gasteiger partial charge in [0.1, 0.15) is 5.75 Å². The number of nitrogens with zero attached hydrogens (tertiary/aromatic N) is 3. The average molecular weight is 383 g/mol. The van der Waals surface area contributed by atoms with E-state index in [1.165, 1.54) is 0 Å². The van der Waals surface area contributed by atoms with E-state index < -0.39 is 0 Å². The number of aryl methyl sites for hydroxylation is 2. The maximum absolute atomic E-state index is 12.6. The molecule has 28 heavy (non-hydrogen) atoms. The molecule has 0 spiro atoms. The Morgan fingerprint density at radius 1 is 1.00 bits per heavy atom. The number of ether oxygens (including phenoxy) is 1. The number of rotatable bonds is 6. The topological polar surface area (TPSA) is 54.8 Å². The number of Topliss-reactive ketones (excluding diaryl/α,β-unsaturated/α-hetero) is 1. The fraction of sp³-hybridized carbons (Fsp3) is 0.455. The lowest BCUT2D eigenvalue weighted by Crippen LogP contribution is -2.51. The standard InChI is InChI=1S/C22H29N3O3/c1-16-5-7-19(8-6-16)28-15-22(27)25-11-9-24(10-12-25)14-21(26)20-13-17(2)23(4)18(20)3/h5-8,13H,9-12,14-15H2,1-4H3. The molecule has 0 unspecified atom stereocenters. The Balaban J connectivity index is 1.46. The van der Waals surface area contributed by atoms with E-state index in [0.29, 0.717) is 38.5 Å². The van der Waals surface area contributed by atoms with E-state index in [4.69, 9.17) is 4.74 Å². The van der Waals surface area contributed by atoms with Gasteiger partial charge in [0, 0.05) is 50.2 Å². The Bertz CT molecular complexity index is 847. The first-order chi connectivity index (χ1) is 13.3. The third-order valence-corrected chi connectivity index (χ3v) is 5.55. The molecule has 0 N–H and O–H groups in total. The van der Waals surface area contributed by atoms with Crippen LogP contribution in [0.25, 0.3) is 0 Å². The predicted octanol–water partition coefficient (Wildman–Crippen LogP) is 2.36. The van der Waals surface area contributed by atoms with Crippen LogP contribution in [0.1, 0.15) is 27.3 Å². The molecule has 1 saturated heterocycles. The summed E-state index contributed by atoms with van der Waals surface area (Å²) in [7, 11) is 1.98. The molecule has 0 radical (unpaired) electrons. The highest BCUT2D eigenvalue weighted by atomic mass is 16.5. The van der Waals surface area contributed by atoms with E-state index in [2.05, 4.69) is 4.90 Å². The number of ketones is 1. The first-order valence-corrected chi connectivity index (χ1v) is 9.71. The molecule has 0 atom stereocenters. The van der Waals surface area contributed by atoms with Crippen molar-refractivity contribution in [2.24, 2.45) is 7.05 Å². The zero-order valence-electron chi connectivity index (χ0n) is 17.2. The fourth-order valence-corrected chi connectivity index (χ4v) is 3.45. The largest absolute Gasteiger partial charge is 0.484 e. The molecular weight excluding hydrogens is 354 g/mol. The molecule has 0 bridgehead atoms. The summed E-state index contributed by atoms with van der Waals surface area (Å²) in [5.74, 6) is 0.835. The van der Waals surface area contributed by atoms with Crippen molar-refractivity contribution in [2.75, 3.05) is 39.3 Å². The van der Waals surface area contributed by atoms with Gasteiger partial charge in [-0.2, -0.15) is 0 Å². The van der Waals surface area contributed by atoms with Crippen LogP contribution < -0.4 is 4.74 Å². The normalized spacial score (nSPS) is 14.9. The Hall–Kier alpha value is -2.60. The van der Waals surface area contributed by atoms with Gasteiger partial charge in [0.2, 0.25) is 0 Å². The molecule has 150 valence electrons. The lowest BCUT2D eigenvalue weighted by Gasteiger charge is -2.34. The van der Waals surface area contributed by atoms with Crippen LogP contribution in [0.2, 0.25) is 0 Å². The molecule has 1 fully saturated rings. The van der Waals surface area contributed by atoms with Crippen LogP contribution in [0.4, 0.5) is 0 Å². The van der Waals surface area contributed by atoms with Gasteiger partial charge in [-0.1, -0.05) is 17.7 Å². The van der Waals surface area contributed by atoms with Crippen molar-refractivity contribution in [3.05, 3.63) is 52.8 Å². The van der Waals surface area contributed by atoms with Crippen LogP contribution in [0.3, 0.4) is 0 Å². The third-order valence-electron chi connectivity index (χ3n) is 5.55. The molecule has 3 rings (SSSR count). The highest BCUT2D eigenvalue weighted by Crippen LogP contribution is 2.15. The smallest absolute Gasteiger partial charge is 0.260 e. The molecule has 1 aromatic heterocycles. The number of carbonyl (C=O) groups is 2. The fourth-order valence-electron chi connectivity index (χ4n) is 3.45. The van der Waals surface area contributed by atoms with E-state index in [1.54, 1.807) is 0 Å². The molecule has 0 aliphatic carbocycles. The van der Waals surface area contributed by atoms with Crippen molar-refractivity contribution in [1.82, 2.24) is 14.4 Å². The maximum Gasteiger partial charge on any atom is 0.260 e. The summed E-state index contributed by atoms with van der Waals surface area (Å²) >= 11 is 0. The van der Waals surface area contributed by atoms with Crippen molar-refractivity contribution in [3.63, 3.8) is 0 Å². The van der Waals surface area contributed by atoms with Crippen LogP contribution in [-0.2, 0) is 11.8 Å². The number of aromatic nitrogens is 1. The van der Waals surface area contributed by atoms with Crippen LogP contribution in [0.5, 0.6) is 5.75 Å². The second-order valence-electron chi connectivity index (χ2n) is 7.53. The highest BCUT2D eigenvalue weighted by molar-refractivity contribution is 5.99. The minimum Gasteiger partial charge on any atom is -0.484 e. The van der Waals surface area contributed by atoms with Crippen LogP contribution >= 0.6 is 0 Å². The molecule has 6 heteroatoms. The summed E-state index contributed by atoms with van der Waals surface area (Å²) in [6.45, 7) is 9.08. The van der Waals surface area contributed by atoms with Gasteiger partial charge in [-0.3, -0.25) is 14.5 Å². The number of hydrogen-bond acceptors (Lipinski definition) is 4. The van der Waals surface area contributed by atoms with Gasteiger partial charge in [-0.05, 0) is 39.0 Å². The van der Waals surface area contributed by atoms with Crippen molar-refractivity contribution in [3.8, 4) is 5.75 Å². The van der Waals surface area contributed by atoms with Gasteiger partial charge in [0.15, 0.2) is 12.4 Å². The molecule has 1 aromatic carbocycles. The summed E-state index contributed by atoms with van der Waals surface area (Å²) in [6, 6.07) is 9.63. The highest BCUT2D eigenvalue weighted by Gasteiger charge is 2.24. The molecule has 1 aliphatic rings. The van der Waals surface area contributed by atoms with Crippen LogP contribution in [0.15, 0.2) is 30.3 Å². The minimum absolute atomic E-state index is 0.0129. The van der Waals surface area contributed by atoms with Gasteiger partial charge in [-0.25, -0.2) is 0 Å². The zero-order chi connectivity index (χ0) is 20.3. The van der Waals surface area contributed by atoms with E-state index in [1.807, 2.05) is 67.6 Å². The van der Waals surface area contributed by atoms with Crippen molar-refractivity contribution >= 4 is 11.7 Å². The number of amides is 1. The zero-order valence-corrected chi connectivity index (χ0v) is 17.2. The summed E-state index contributed by atoms with van der Waals surface area (Å²) in [5, 5.41) is 0. The quantitative estimate of drug-likeness (QED) is 0.719. The lowest BCUT2D eigenvalue weighted by atomic mass is 10.1. The van der Waals surface area contributed by atoms with E-state index in [0.717, 1.165) is 22.5 Å². The number of hydrogen-bond donors (Lipinski definition) is 0. The monoisotopic (exact) mass is 383 g/mol. The molecule has 1 aliphatic heterocycles. The summed E-state index contributed by atoms with van der Waals surface area (Å²) in [6.07, 6.45) is 0. The number of benzene rings is 1. The van der Waals surface area contributed by atoms with E-state index in [-0.39, 0.29) is 18.3 Å². The third kappa shape index (κ3) is 4.62. The minimum atomic E-state index is -0.0129. The number of carbonyl (C=O) groups excluding carboxylic acids is 2. The van der Waals surface area contributed by atoms with Gasteiger partial charge in [0.05, 0.1) is 6.54 Å². The molecule has 0 saturated carbocycles. The Morgan fingerprint density at radius 3 is 2.21 bits per heavy atom. The summed E-state index contributed by atoms with van der Waals surface area (Å²) in [5.41, 5.74) is 4.05. The summed E-state index contributed by atoms with van der Waals surface area (Å²) < 4.78 is 7.63. The second kappa shape index (κ2) is 8.61. The van der Waals surface area contributed by atoms with Gasteiger partial charge < -0.3 is 14.2 Å². The van der Waals surface area contributed by atoms with Crippen molar-refractivity contribution in [2.45, 2.75) is 20.8 Å². The molecule has 2 heterocycles. The van der Waals surface area contributed by atoms with Gasteiger partial charge in [0.25, 0.3) is 5.91 Å². The molecule has 1 amide bonds. The SMILES string of the molecule is Cc1ccc(OCC(=O)N2CCN(CC(=O)c3cc(C)n(C)c3C)CC2)cc1. The summed E-state index contributed by atoms with van der Waals surface area (Å²) in [4.78, 5) is 29.0. The average Bonchev–Trinajstić information content (AvgIpc) is 2.95. The molecule has 2 aromatic rings. The second-order valence-corrected chi connectivity index (χ2v) is 7.53. The van der Waals surface area contributed by atoms with E-state index in [9.17, 15) is 9.59 Å². The van der Waals surface area contributed by atoms with E-state index >= 15 is 0 Å².